The van der Waals surface area contributed by atoms with Crippen LogP contribution >= 0.6 is 11.6 Å². The third kappa shape index (κ3) is 2.27. The number of hydrogen-bond acceptors (Lipinski definition) is 4. The minimum atomic E-state index is -1.30. The summed E-state index contributed by atoms with van der Waals surface area (Å²) in [6, 6.07) is 2.60. The monoisotopic (exact) mass is 406 g/mol. The Bertz CT molecular complexity index is 902. The molecule has 3 amide bonds. The molecule has 0 aliphatic carbocycles. The third-order valence-electron chi connectivity index (χ3n) is 6.69. The van der Waals surface area contributed by atoms with E-state index in [1.807, 2.05) is 20.8 Å². The van der Waals surface area contributed by atoms with Gasteiger partial charge in [-0.1, -0.05) is 18.5 Å². The highest BCUT2D eigenvalue weighted by molar-refractivity contribution is 6.31. The molecule has 8 heteroatoms. The van der Waals surface area contributed by atoms with Gasteiger partial charge in [-0.15, -0.1) is 0 Å². The second-order valence-electron chi connectivity index (χ2n) is 8.26. The maximum absolute atomic E-state index is 13.4. The Hall–Kier alpha value is -1.96. The highest BCUT2D eigenvalue weighted by Gasteiger charge is 2.75. The number of amides is 3. The zero-order valence-electron chi connectivity index (χ0n) is 16.3. The van der Waals surface area contributed by atoms with Gasteiger partial charge in [0, 0.05) is 16.6 Å². The van der Waals surface area contributed by atoms with Crippen molar-refractivity contribution in [2.75, 3.05) is 5.32 Å². The van der Waals surface area contributed by atoms with Gasteiger partial charge in [0.2, 0.25) is 17.4 Å². The molecule has 0 bridgehead atoms. The first-order chi connectivity index (χ1) is 13.1. The lowest BCUT2D eigenvalue weighted by molar-refractivity contribution is -0.738. The van der Waals surface area contributed by atoms with Crippen LogP contribution in [-0.2, 0) is 19.9 Å². The Labute approximate surface area is 168 Å². The number of likely N-dealkylation sites (tertiary alicyclic amines) is 1. The van der Waals surface area contributed by atoms with Gasteiger partial charge in [0.05, 0.1) is 5.69 Å². The molecule has 2 fully saturated rings. The van der Waals surface area contributed by atoms with Crippen LogP contribution in [-0.4, -0.2) is 45.9 Å². The van der Waals surface area contributed by atoms with E-state index < -0.39 is 29.5 Å². The van der Waals surface area contributed by atoms with Crippen LogP contribution in [0.1, 0.15) is 38.3 Å². The smallest absolute Gasteiger partial charge is 0.291 e. The van der Waals surface area contributed by atoms with E-state index in [1.165, 1.54) is 4.90 Å². The Kier molecular flexibility index (Phi) is 4.34. The van der Waals surface area contributed by atoms with Crippen molar-refractivity contribution in [3.8, 4) is 0 Å². The zero-order chi connectivity index (χ0) is 20.5. The van der Waals surface area contributed by atoms with Crippen molar-refractivity contribution < 1.29 is 24.8 Å². The summed E-state index contributed by atoms with van der Waals surface area (Å²) in [5, 5.41) is 15.5. The Morgan fingerprint density at radius 2 is 1.96 bits per heavy atom. The van der Waals surface area contributed by atoms with Crippen LogP contribution in [0, 0.1) is 18.8 Å². The molecule has 28 heavy (non-hydrogen) atoms. The number of aliphatic hydroxyl groups excluding tert-OH is 1. The molecule has 1 aromatic carbocycles. The molecular weight excluding hydrogens is 382 g/mol. The first kappa shape index (κ1) is 19.4. The van der Waals surface area contributed by atoms with Crippen molar-refractivity contribution in [1.82, 2.24) is 4.90 Å². The lowest BCUT2D eigenvalue weighted by Crippen LogP contribution is -3.00. The quantitative estimate of drug-likeness (QED) is 0.637. The van der Waals surface area contributed by atoms with Gasteiger partial charge in [-0.05, 0) is 44.9 Å². The van der Waals surface area contributed by atoms with Crippen molar-refractivity contribution in [2.45, 2.75) is 57.8 Å². The summed E-state index contributed by atoms with van der Waals surface area (Å²) >= 11 is 6.28. The Morgan fingerprint density at radius 3 is 2.57 bits per heavy atom. The topological polar surface area (TPSA) is 103 Å². The van der Waals surface area contributed by atoms with Crippen molar-refractivity contribution in [3.63, 3.8) is 0 Å². The van der Waals surface area contributed by atoms with Crippen LogP contribution in [0.15, 0.2) is 12.1 Å². The fourth-order valence-electron chi connectivity index (χ4n) is 5.20. The number of nitrogens with one attached hydrogen (secondary N) is 1. The molecule has 0 radical (unpaired) electrons. The average Bonchev–Trinajstić information content (AvgIpc) is 3.21. The molecule has 1 aromatic rings. The van der Waals surface area contributed by atoms with Crippen molar-refractivity contribution >= 4 is 35.0 Å². The summed E-state index contributed by atoms with van der Waals surface area (Å²) < 4.78 is 0. The van der Waals surface area contributed by atoms with Crippen LogP contribution in [0.25, 0.3) is 0 Å². The molecule has 4 rings (SSSR count). The van der Waals surface area contributed by atoms with Gasteiger partial charge in [0.25, 0.3) is 5.91 Å². The number of nitrogens with two attached hydrogens (primary N) is 1. The second kappa shape index (κ2) is 6.27. The summed E-state index contributed by atoms with van der Waals surface area (Å²) in [7, 11) is 0. The van der Waals surface area contributed by atoms with Crippen LogP contribution < -0.4 is 10.6 Å². The van der Waals surface area contributed by atoms with E-state index in [0.717, 1.165) is 5.56 Å². The van der Waals surface area contributed by atoms with E-state index in [-0.39, 0.29) is 23.8 Å². The molecule has 1 spiro atoms. The molecule has 3 aliphatic rings. The van der Waals surface area contributed by atoms with Crippen molar-refractivity contribution in [3.05, 3.63) is 28.3 Å². The Balaban J connectivity index is 1.94. The molecule has 6 atom stereocenters. The Morgan fingerprint density at radius 1 is 1.29 bits per heavy atom. The molecule has 2 saturated heterocycles. The lowest BCUT2D eigenvalue weighted by Gasteiger charge is -2.29. The van der Waals surface area contributed by atoms with E-state index in [1.54, 1.807) is 24.4 Å². The second-order valence-corrected chi connectivity index (χ2v) is 8.70. The number of nitrogens with zero attached hydrogens (tertiary/aromatic N) is 1. The number of imide groups is 1. The molecule has 0 saturated carbocycles. The summed E-state index contributed by atoms with van der Waals surface area (Å²) in [6.07, 6.45) is -0.238. The third-order valence-corrected chi connectivity index (χ3v) is 6.91. The lowest BCUT2D eigenvalue weighted by atomic mass is 9.76. The molecule has 3 aliphatic heterocycles. The van der Waals surface area contributed by atoms with Gasteiger partial charge in [-0.2, -0.15) is 0 Å². The number of aliphatic hydroxyl groups is 1. The number of carbonyl (C=O) groups is 3. The fourth-order valence-corrected chi connectivity index (χ4v) is 5.47. The number of hydrogen-bond donors (Lipinski definition) is 3. The molecular formula is C20H25ClN3O4+. The van der Waals surface area contributed by atoms with E-state index in [2.05, 4.69) is 5.32 Å². The maximum atomic E-state index is 13.4. The molecule has 3 heterocycles. The summed E-state index contributed by atoms with van der Waals surface area (Å²) in [6.45, 7) is 7.18. The number of rotatable bonds is 3. The van der Waals surface area contributed by atoms with E-state index in [9.17, 15) is 19.5 Å². The number of anilines is 1. The van der Waals surface area contributed by atoms with E-state index in [4.69, 9.17) is 11.6 Å². The summed E-state index contributed by atoms with van der Waals surface area (Å²) in [5.74, 6) is -2.60. The largest absolute Gasteiger partial charge is 0.387 e. The maximum Gasteiger partial charge on any atom is 0.291 e. The van der Waals surface area contributed by atoms with Crippen LogP contribution in [0.5, 0.6) is 0 Å². The summed E-state index contributed by atoms with van der Waals surface area (Å²) in [4.78, 5) is 41.2. The molecule has 7 nitrogen and oxygen atoms in total. The average molecular weight is 407 g/mol. The van der Waals surface area contributed by atoms with Gasteiger partial charge in [0.15, 0.2) is 0 Å². The normalized spacial score (nSPS) is 33.3. The predicted molar refractivity (Wildman–Crippen MR) is 102 cm³/mol. The predicted octanol–water partition coefficient (Wildman–Crippen LogP) is 0.522. The molecule has 4 N–H and O–H groups in total. The van der Waals surface area contributed by atoms with Gasteiger partial charge in [-0.3, -0.25) is 19.3 Å². The van der Waals surface area contributed by atoms with Crippen molar-refractivity contribution in [2.24, 2.45) is 11.8 Å². The summed E-state index contributed by atoms with van der Waals surface area (Å²) in [5.41, 5.74) is 0.756. The van der Waals surface area contributed by atoms with Gasteiger partial charge >= 0.3 is 0 Å². The highest BCUT2D eigenvalue weighted by atomic mass is 35.5. The number of carbonyl (C=O) groups excluding carboxylic acids is 3. The van der Waals surface area contributed by atoms with Crippen LogP contribution in [0.3, 0.4) is 0 Å². The van der Waals surface area contributed by atoms with Gasteiger partial charge in [-0.25, -0.2) is 0 Å². The van der Waals surface area contributed by atoms with Crippen LogP contribution in [0.4, 0.5) is 5.69 Å². The van der Waals surface area contributed by atoms with Crippen molar-refractivity contribution in [1.29, 1.82) is 0 Å². The minimum absolute atomic E-state index is 0.262. The first-order valence-corrected chi connectivity index (χ1v) is 10.1. The van der Waals surface area contributed by atoms with Crippen LogP contribution in [0.2, 0.25) is 5.02 Å². The fraction of sp³-hybridized carbons (Fsp3) is 0.550. The first-order valence-electron chi connectivity index (χ1n) is 9.68. The van der Waals surface area contributed by atoms with E-state index >= 15 is 0 Å². The number of benzene rings is 1. The number of fused-ring (bicyclic) bond motifs is 4. The van der Waals surface area contributed by atoms with Gasteiger partial charge in [0.1, 0.15) is 24.0 Å². The highest BCUT2D eigenvalue weighted by Crippen LogP contribution is 2.51. The van der Waals surface area contributed by atoms with E-state index in [0.29, 0.717) is 22.7 Å². The zero-order valence-corrected chi connectivity index (χ0v) is 17.1. The number of halogens is 1. The molecule has 150 valence electrons. The number of aryl methyl sites for hydroxylation is 1. The van der Waals surface area contributed by atoms with Gasteiger partial charge < -0.3 is 15.7 Å². The standard InChI is InChI=1S/C20H24ClN3O4/c1-5-9(3)24-17(26)13-14(18(24)27)20(23-16(13)10(4)25)12-7-11(21)6-8(2)15(12)22-19(20)28/h6-7,9-10,13-14,16,23,25H,5H2,1-4H3,(H,22,28)/p+1/t9-,10-,13+,14+,16+,20+/m1/s1. The molecule has 0 aromatic heterocycles. The SMILES string of the molecule is CC[C@@H](C)N1C(=O)[C@@H]2[C@H]([C@@H](C)O)[NH2+][C@]3(C(=O)Nc4c(C)cc(Cl)cc43)[C@@H]2C1=O. The number of quaternary nitrogens is 1. The minimum Gasteiger partial charge on any atom is -0.387 e. The molecule has 0 unspecified atom stereocenters.